The molecule has 1 aliphatic rings. The van der Waals surface area contributed by atoms with E-state index in [1.54, 1.807) is 0 Å². The predicted octanol–water partition coefficient (Wildman–Crippen LogP) is 2.43. The van der Waals surface area contributed by atoms with Gasteiger partial charge in [-0.1, -0.05) is 27.7 Å². The second-order valence-corrected chi connectivity index (χ2v) is 13.6. The van der Waals surface area contributed by atoms with E-state index in [0.29, 0.717) is 24.3 Å². The first kappa shape index (κ1) is 25.5. The number of nitrogen functional groups attached to an aromatic ring is 1. The van der Waals surface area contributed by atoms with Gasteiger partial charge in [-0.15, -0.1) is 0 Å². The molecule has 0 radical (unpaired) electrons. The fraction of sp³-hybridized carbons (Fsp3) is 0.762. The van der Waals surface area contributed by atoms with Crippen molar-refractivity contribution in [1.82, 2.24) is 9.55 Å². The number of nitrogens with two attached hydrogens (primary N) is 1. The number of aliphatic hydroxyl groups is 1. The van der Waals surface area contributed by atoms with E-state index in [0.717, 1.165) is 12.5 Å². The van der Waals surface area contributed by atoms with Crippen LogP contribution in [0, 0.1) is 17.2 Å². The molecule has 1 aliphatic heterocycles. The van der Waals surface area contributed by atoms with Gasteiger partial charge in [-0.25, -0.2) is 4.79 Å². The maximum Gasteiger partial charge on any atom is 0.351 e. The lowest BCUT2D eigenvalue weighted by Crippen LogP contribution is -2.47. The fourth-order valence-corrected chi connectivity index (χ4v) is 8.83. The highest BCUT2D eigenvalue weighted by Gasteiger charge is 2.48. The van der Waals surface area contributed by atoms with Crippen LogP contribution in [0.5, 0.6) is 0 Å². The van der Waals surface area contributed by atoms with Gasteiger partial charge in [-0.05, 0) is 36.5 Å². The summed E-state index contributed by atoms with van der Waals surface area (Å²) in [6.07, 6.45) is -0.379. The molecule has 0 saturated carbocycles. The molecule has 0 bridgehead atoms. The summed E-state index contributed by atoms with van der Waals surface area (Å²) in [5.74, 6) is -0.825. The Kier molecular flexibility index (Phi) is 9.21. The molecule has 0 aromatic carbocycles. The zero-order valence-corrected chi connectivity index (χ0v) is 20.2. The third-order valence-corrected chi connectivity index (χ3v) is 11.9. The van der Waals surface area contributed by atoms with Gasteiger partial charge in [0.15, 0.2) is 14.5 Å². The maximum absolute atomic E-state index is 12.2. The zero-order chi connectivity index (χ0) is 23.2. The number of ether oxygens (including phenoxy) is 2. The van der Waals surface area contributed by atoms with Crippen LogP contribution in [0.3, 0.4) is 0 Å². The second kappa shape index (κ2) is 11.2. The van der Waals surface area contributed by atoms with Gasteiger partial charge in [0.25, 0.3) is 0 Å². The molecule has 174 valence electrons. The monoisotopic (exact) mass is 452 g/mol. The quantitative estimate of drug-likeness (QED) is 0.386. The van der Waals surface area contributed by atoms with E-state index in [2.05, 4.69) is 38.7 Å². The average Bonchev–Trinajstić information content (AvgIpc) is 3.02. The molecule has 0 spiro atoms. The highest BCUT2D eigenvalue weighted by Crippen LogP contribution is 2.40. The van der Waals surface area contributed by atoms with Gasteiger partial charge in [0, 0.05) is 19.4 Å². The van der Waals surface area contributed by atoms with Gasteiger partial charge < -0.3 is 24.7 Å². The van der Waals surface area contributed by atoms with Crippen LogP contribution in [-0.4, -0.2) is 55.0 Å². The van der Waals surface area contributed by atoms with Crippen LogP contribution in [0.4, 0.5) is 5.82 Å². The van der Waals surface area contributed by atoms with Crippen molar-refractivity contribution < 1.29 is 19.0 Å². The largest absolute Gasteiger partial charge is 0.414 e. The SMILES string of the molecule is CCOCCC[Si](OC[C@H]1O[C@@H](n2ccc(N)nc2=O)[C@@H](C#N)[C@@H]1O)(C(C)C)C(C)C. The number of hydrogen-bond donors (Lipinski definition) is 2. The third-order valence-electron chi connectivity index (χ3n) is 6.18. The summed E-state index contributed by atoms with van der Waals surface area (Å²) in [6, 6.07) is 4.47. The number of nitrogens with zero attached hydrogens (tertiary/aromatic N) is 3. The minimum absolute atomic E-state index is 0.0879. The smallest absolute Gasteiger partial charge is 0.351 e. The lowest BCUT2D eigenvalue weighted by Gasteiger charge is -2.39. The van der Waals surface area contributed by atoms with Crippen LogP contribution in [0.15, 0.2) is 17.1 Å². The number of aromatic nitrogens is 2. The number of anilines is 1. The molecule has 0 amide bonds. The Labute approximate surface area is 185 Å². The molecule has 1 aromatic heterocycles. The number of nitriles is 1. The van der Waals surface area contributed by atoms with E-state index in [1.807, 2.05) is 6.92 Å². The van der Waals surface area contributed by atoms with Crippen molar-refractivity contribution in [1.29, 1.82) is 5.26 Å². The van der Waals surface area contributed by atoms with E-state index in [9.17, 15) is 15.2 Å². The van der Waals surface area contributed by atoms with Crippen molar-refractivity contribution in [2.75, 3.05) is 25.6 Å². The Morgan fingerprint density at radius 3 is 2.61 bits per heavy atom. The Bertz CT molecular complexity index is 802. The van der Waals surface area contributed by atoms with Gasteiger partial charge in [-0.3, -0.25) is 4.57 Å². The van der Waals surface area contributed by atoms with E-state index in [1.165, 1.54) is 16.8 Å². The second-order valence-electron chi connectivity index (χ2n) is 8.63. The highest BCUT2D eigenvalue weighted by atomic mass is 28.4. The lowest BCUT2D eigenvalue weighted by molar-refractivity contribution is -0.0447. The maximum atomic E-state index is 12.2. The standard InChI is InChI=1S/C21H36N4O5Si/c1-6-28-10-7-11-31(14(2)3,15(4)5)29-13-17-19(26)16(12-22)20(30-17)25-9-8-18(23)24-21(25)27/h8-9,14-17,19-20,26H,6-7,10-11,13H2,1-5H3,(H2,23,24,27)/t16-,17+,19-,20+/m0/s1. The average molecular weight is 453 g/mol. The summed E-state index contributed by atoms with van der Waals surface area (Å²) in [4.78, 5) is 15.9. The zero-order valence-electron chi connectivity index (χ0n) is 19.2. The molecule has 1 aromatic rings. The van der Waals surface area contributed by atoms with Crippen molar-refractivity contribution >= 4 is 14.1 Å². The van der Waals surface area contributed by atoms with Crippen LogP contribution >= 0.6 is 0 Å². The summed E-state index contributed by atoms with van der Waals surface area (Å²) in [6.45, 7) is 12.3. The molecule has 2 rings (SSSR count). The molecular weight excluding hydrogens is 416 g/mol. The molecule has 3 N–H and O–H groups in total. The van der Waals surface area contributed by atoms with Gasteiger partial charge >= 0.3 is 5.69 Å². The van der Waals surface area contributed by atoms with Gasteiger partial charge in [0.1, 0.15) is 23.9 Å². The summed E-state index contributed by atoms with van der Waals surface area (Å²) >= 11 is 0. The van der Waals surface area contributed by atoms with Crippen LogP contribution in [-0.2, 0) is 13.9 Å². The van der Waals surface area contributed by atoms with E-state index in [4.69, 9.17) is 19.6 Å². The molecule has 4 atom stereocenters. The van der Waals surface area contributed by atoms with Gasteiger partial charge in [0.05, 0.1) is 12.7 Å². The Morgan fingerprint density at radius 1 is 1.39 bits per heavy atom. The fourth-order valence-electron chi connectivity index (χ4n) is 4.36. The van der Waals surface area contributed by atoms with Gasteiger partial charge in [0.2, 0.25) is 0 Å². The van der Waals surface area contributed by atoms with E-state index < -0.39 is 38.4 Å². The normalized spacial score (nSPS) is 24.1. The molecular formula is C21H36N4O5Si. The third kappa shape index (κ3) is 5.73. The van der Waals surface area contributed by atoms with E-state index in [-0.39, 0.29) is 12.4 Å². The van der Waals surface area contributed by atoms with E-state index >= 15 is 0 Å². The first-order valence-corrected chi connectivity index (χ1v) is 13.2. The molecule has 10 heteroatoms. The summed E-state index contributed by atoms with van der Waals surface area (Å²) in [5, 5.41) is 20.4. The highest BCUT2D eigenvalue weighted by molar-refractivity contribution is 6.76. The summed E-state index contributed by atoms with van der Waals surface area (Å²) in [5.41, 5.74) is 5.65. The van der Waals surface area contributed by atoms with Crippen LogP contribution in [0.2, 0.25) is 17.1 Å². The minimum atomic E-state index is -2.20. The topological polar surface area (TPSA) is 133 Å². The predicted molar refractivity (Wildman–Crippen MR) is 120 cm³/mol. The molecule has 9 nitrogen and oxygen atoms in total. The molecule has 0 aliphatic carbocycles. The van der Waals surface area contributed by atoms with Crippen LogP contribution < -0.4 is 11.4 Å². The summed E-state index contributed by atoms with van der Waals surface area (Å²) < 4.78 is 19.3. The van der Waals surface area contributed by atoms with Gasteiger partial charge in [-0.2, -0.15) is 10.2 Å². The Hall–Kier alpha value is -1.77. The van der Waals surface area contributed by atoms with Crippen molar-refractivity contribution in [2.45, 2.75) is 76.6 Å². The molecule has 2 heterocycles. The molecule has 31 heavy (non-hydrogen) atoms. The lowest BCUT2D eigenvalue weighted by atomic mass is 10.0. The molecule has 1 fully saturated rings. The minimum Gasteiger partial charge on any atom is -0.414 e. The van der Waals surface area contributed by atoms with Crippen molar-refractivity contribution in [3.05, 3.63) is 22.7 Å². The summed E-state index contributed by atoms with van der Waals surface area (Å²) in [7, 11) is -2.20. The Morgan fingerprint density at radius 2 is 2.06 bits per heavy atom. The van der Waals surface area contributed by atoms with Crippen LogP contribution in [0.25, 0.3) is 0 Å². The molecule has 0 unspecified atom stereocenters. The molecule has 1 saturated heterocycles. The van der Waals surface area contributed by atoms with Crippen LogP contribution in [0.1, 0.15) is 47.3 Å². The number of aliphatic hydroxyl groups excluding tert-OH is 1. The first-order valence-electron chi connectivity index (χ1n) is 11.0. The Balaban J connectivity index is 2.17. The van der Waals surface area contributed by atoms with Crippen molar-refractivity contribution in [2.24, 2.45) is 5.92 Å². The number of rotatable bonds is 11. The van der Waals surface area contributed by atoms with Crippen molar-refractivity contribution in [3.8, 4) is 6.07 Å². The van der Waals surface area contributed by atoms with Crippen molar-refractivity contribution in [3.63, 3.8) is 0 Å². The first-order chi connectivity index (χ1) is 14.7. The number of hydrogen-bond acceptors (Lipinski definition) is 8.